The molecule has 0 unspecified atom stereocenters. The summed E-state index contributed by atoms with van der Waals surface area (Å²) in [4.78, 5) is 12.6. The number of carbonyl (C=O) groups excluding carboxylic acids is 1. The van der Waals surface area contributed by atoms with Gasteiger partial charge in [0.05, 0.1) is 10.6 Å². The van der Waals surface area contributed by atoms with Gasteiger partial charge < -0.3 is 16.4 Å². The topological polar surface area (TPSA) is 67.2 Å². The highest BCUT2D eigenvalue weighted by Crippen LogP contribution is 2.54. The molecule has 1 aromatic rings. The van der Waals surface area contributed by atoms with Gasteiger partial charge in [-0.15, -0.1) is 23.1 Å². The normalized spacial score (nSPS) is 16.6. The van der Waals surface area contributed by atoms with Gasteiger partial charge in [0.25, 0.3) is 5.91 Å². The van der Waals surface area contributed by atoms with Crippen LogP contribution in [-0.2, 0) is 0 Å². The van der Waals surface area contributed by atoms with Crippen molar-refractivity contribution in [1.82, 2.24) is 5.32 Å². The van der Waals surface area contributed by atoms with E-state index in [1.807, 2.05) is 0 Å². The molecule has 0 spiro atoms. The number of thiophene rings is 1. The molecule has 0 aromatic carbocycles. The zero-order chi connectivity index (χ0) is 15.8. The maximum atomic E-state index is 13.0. The Labute approximate surface area is 128 Å². The van der Waals surface area contributed by atoms with Crippen molar-refractivity contribution in [2.45, 2.75) is 36.4 Å². The number of amides is 1. The maximum Gasteiger partial charge on any atom is 0.411 e. The molecule has 1 saturated carbocycles. The van der Waals surface area contributed by atoms with Crippen molar-refractivity contribution in [3.05, 3.63) is 4.88 Å². The summed E-state index contributed by atoms with van der Waals surface area (Å²) in [6, 6.07) is 0. The van der Waals surface area contributed by atoms with Gasteiger partial charge >= 0.3 is 6.18 Å². The lowest BCUT2D eigenvalue weighted by Gasteiger charge is -2.21. The van der Waals surface area contributed by atoms with E-state index >= 15 is 0 Å². The average molecular weight is 339 g/mol. The van der Waals surface area contributed by atoms with Crippen LogP contribution in [0.15, 0.2) is 4.90 Å². The largest absolute Gasteiger partial charge is 0.411 e. The lowest BCUT2D eigenvalue weighted by Crippen LogP contribution is -2.38. The molecule has 2 rings (SSSR count). The second-order valence-corrected chi connectivity index (χ2v) is 6.61. The monoisotopic (exact) mass is 339 g/mol. The fourth-order valence-electron chi connectivity index (χ4n) is 1.94. The SMILES string of the molecule is CCNC(=O)c1sc(NC2(C(F)(F)F)CC2)c(SC)c1N. The molecule has 4 nitrogen and oxygen atoms in total. The quantitative estimate of drug-likeness (QED) is 0.720. The van der Waals surface area contributed by atoms with Crippen LogP contribution in [0.25, 0.3) is 0 Å². The maximum absolute atomic E-state index is 13.0. The van der Waals surface area contributed by atoms with Gasteiger partial charge in [-0.1, -0.05) is 0 Å². The molecule has 1 fully saturated rings. The number of halogens is 3. The van der Waals surface area contributed by atoms with E-state index in [4.69, 9.17) is 5.73 Å². The smallest absolute Gasteiger partial charge is 0.396 e. The zero-order valence-electron chi connectivity index (χ0n) is 11.6. The van der Waals surface area contributed by atoms with Crippen molar-refractivity contribution < 1.29 is 18.0 Å². The molecule has 0 aliphatic heterocycles. The fraction of sp³-hybridized carbons (Fsp3) is 0.583. The number of nitrogen functional groups attached to an aromatic ring is 1. The molecule has 118 valence electrons. The van der Waals surface area contributed by atoms with Crippen molar-refractivity contribution in [1.29, 1.82) is 0 Å². The first kappa shape index (κ1) is 16.3. The number of anilines is 2. The van der Waals surface area contributed by atoms with E-state index in [0.717, 1.165) is 11.3 Å². The summed E-state index contributed by atoms with van der Waals surface area (Å²) in [6.45, 7) is 2.19. The molecule has 1 aromatic heterocycles. The highest BCUT2D eigenvalue weighted by molar-refractivity contribution is 7.99. The summed E-state index contributed by atoms with van der Waals surface area (Å²) in [5.41, 5.74) is 4.27. The van der Waals surface area contributed by atoms with Crippen molar-refractivity contribution in [2.24, 2.45) is 0 Å². The third-order valence-electron chi connectivity index (χ3n) is 3.29. The van der Waals surface area contributed by atoms with Crippen LogP contribution >= 0.6 is 23.1 Å². The molecule has 0 atom stereocenters. The molecule has 0 radical (unpaired) electrons. The van der Waals surface area contributed by atoms with Crippen LogP contribution in [0, 0.1) is 0 Å². The van der Waals surface area contributed by atoms with Gasteiger partial charge in [-0.2, -0.15) is 13.2 Å². The van der Waals surface area contributed by atoms with Crippen molar-refractivity contribution in [3.8, 4) is 0 Å². The molecule has 1 aliphatic rings. The van der Waals surface area contributed by atoms with Crippen LogP contribution in [0.2, 0.25) is 0 Å². The third-order valence-corrected chi connectivity index (χ3v) is 5.37. The number of hydrogen-bond acceptors (Lipinski definition) is 5. The van der Waals surface area contributed by atoms with Gasteiger partial charge in [0, 0.05) is 6.54 Å². The molecule has 21 heavy (non-hydrogen) atoms. The predicted molar refractivity (Wildman–Crippen MR) is 80.2 cm³/mol. The van der Waals surface area contributed by atoms with Crippen LogP contribution in [-0.4, -0.2) is 30.4 Å². The molecule has 1 heterocycles. The lowest BCUT2D eigenvalue weighted by molar-refractivity contribution is -0.151. The Hall–Kier alpha value is -1.09. The van der Waals surface area contributed by atoms with E-state index < -0.39 is 11.7 Å². The summed E-state index contributed by atoms with van der Waals surface area (Å²) in [6.07, 6.45) is -2.51. The second-order valence-electron chi connectivity index (χ2n) is 4.77. The number of alkyl halides is 3. The number of nitrogens with two attached hydrogens (primary N) is 1. The van der Waals surface area contributed by atoms with E-state index in [1.54, 1.807) is 13.2 Å². The molecule has 1 amide bonds. The third kappa shape index (κ3) is 2.94. The Balaban J connectivity index is 2.32. The van der Waals surface area contributed by atoms with Gasteiger partial charge in [-0.25, -0.2) is 0 Å². The number of nitrogens with one attached hydrogen (secondary N) is 2. The Bertz CT molecular complexity index is 553. The lowest BCUT2D eigenvalue weighted by atomic mass is 10.2. The molecule has 4 N–H and O–H groups in total. The van der Waals surface area contributed by atoms with Crippen LogP contribution in [0.1, 0.15) is 29.4 Å². The van der Waals surface area contributed by atoms with Gasteiger partial charge in [-0.05, 0) is 26.0 Å². The first-order valence-electron chi connectivity index (χ1n) is 6.35. The molecule has 0 bridgehead atoms. The average Bonchev–Trinajstić information content (AvgIpc) is 3.10. The first-order chi connectivity index (χ1) is 9.75. The second kappa shape index (κ2) is 5.60. The van der Waals surface area contributed by atoms with Crippen molar-refractivity contribution in [3.63, 3.8) is 0 Å². The van der Waals surface area contributed by atoms with Gasteiger partial charge in [-0.3, -0.25) is 4.79 Å². The van der Waals surface area contributed by atoms with E-state index in [2.05, 4.69) is 10.6 Å². The number of thioether (sulfide) groups is 1. The first-order valence-corrected chi connectivity index (χ1v) is 8.39. The molecule has 0 saturated heterocycles. The highest BCUT2D eigenvalue weighted by atomic mass is 32.2. The summed E-state index contributed by atoms with van der Waals surface area (Å²) in [5.74, 6) is -0.361. The molecule has 9 heteroatoms. The zero-order valence-corrected chi connectivity index (χ0v) is 13.2. The number of carbonyl (C=O) groups is 1. The van der Waals surface area contributed by atoms with E-state index in [-0.39, 0.29) is 29.3 Å². The minimum absolute atomic E-state index is 0.0403. The Morgan fingerprint density at radius 2 is 2.10 bits per heavy atom. The number of hydrogen-bond donors (Lipinski definition) is 3. The Morgan fingerprint density at radius 3 is 2.52 bits per heavy atom. The van der Waals surface area contributed by atoms with Crippen molar-refractivity contribution in [2.75, 3.05) is 23.9 Å². The van der Waals surface area contributed by atoms with E-state index in [0.29, 0.717) is 16.4 Å². The van der Waals surface area contributed by atoms with Crippen LogP contribution in [0.4, 0.5) is 23.9 Å². The van der Waals surface area contributed by atoms with E-state index in [1.165, 1.54) is 11.8 Å². The Morgan fingerprint density at radius 1 is 1.48 bits per heavy atom. The fourth-order valence-corrected chi connectivity index (χ4v) is 3.97. The summed E-state index contributed by atoms with van der Waals surface area (Å²) in [7, 11) is 0. The van der Waals surface area contributed by atoms with Crippen LogP contribution in [0.3, 0.4) is 0 Å². The molecular weight excluding hydrogens is 323 g/mol. The summed E-state index contributed by atoms with van der Waals surface area (Å²) in [5, 5.41) is 5.48. The molecule has 1 aliphatic carbocycles. The number of rotatable bonds is 5. The summed E-state index contributed by atoms with van der Waals surface area (Å²) >= 11 is 2.21. The molecular formula is C12H16F3N3OS2. The predicted octanol–water partition coefficient (Wildman–Crippen LogP) is 3.31. The van der Waals surface area contributed by atoms with Crippen LogP contribution < -0.4 is 16.4 Å². The standard InChI is InChI=1S/C12H16F3N3OS2/c1-3-17-9(19)7-6(16)8(20-2)10(21-7)18-11(4-5-11)12(13,14)15/h18H,3-5,16H2,1-2H3,(H,17,19). The minimum Gasteiger partial charge on any atom is -0.396 e. The van der Waals surface area contributed by atoms with E-state index in [9.17, 15) is 18.0 Å². The van der Waals surface area contributed by atoms with Gasteiger partial charge in [0.2, 0.25) is 0 Å². The van der Waals surface area contributed by atoms with Crippen molar-refractivity contribution >= 4 is 39.7 Å². The van der Waals surface area contributed by atoms with Crippen LogP contribution in [0.5, 0.6) is 0 Å². The minimum atomic E-state index is -4.31. The van der Waals surface area contributed by atoms with Gasteiger partial charge in [0.15, 0.2) is 0 Å². The Kier molecular flexibility index (Phi) is 4.34. The van der Waals surface area contributed by atoms with Gasteiger partial charge in [0.1, 0.15) is 15.4 Å². The summed E-state index contributed by atoms with van der Waals surface area (Å²) < 4.78 is 39.1. The highest BCUT2D eigenvalue weighted by Gasteiger charge is 2.63.